The number of nitrogens with two attached hydrogens (primary N) is 1. The summed E-state index contributed by atoms with van der Waals surface area (Å²) in [6.07, 6.45) is 2.84. The third-order valence-electron chi connectivity index (χ3n) is 2.40. The number of hydrogen-bond acceptors (Lipinski definition) is 3. The summed E-state index contributed by atoms with van der Waals surface area (Å²) >= 11 is 0. The molecule has 0 aliphatic heterocycles. The maximum Gasteiger partial charge on any atom is 0.274 e. The molecular weight excluding hydrogens is 228 g/mol. The van der Waals surface area contributed by atoms with Crippen molar-refractivity contribution in [3.8, 4) is 0 Å². The minimum absolute atomic E-state index is 0. The van der Waals surface area contributed by atoms with Crippen molar-refractivity contribution in [2.24, 2.45) is 5.73 Å². The van der Waals surface area contributed by atoms with Gasteiger partial charge in [-0.2, -0.15) is 0 Å². The molecule has 90 valence electrons. The molecule has 0 saturated carbocycles. The Hall–Kier alpha value is -1.13. The first-order chi connectivity index (χ1) is 7.16. The number of hydrogen-bond donors (Lipinski definition) is 1. The summed E-state index contributed by atoms with van der Waals surface area (Å²) in [6, 6.07) is 6.45. The molecule has 16 heavy (non-hydrogen) atoms. The molecule has 1 rings (SSSR count). The molecule has 0 bridgehead atoms. The Bertz CT molecular complexity index is 345. The lowest BCUT2D eigenvalue weighted by Crippen LogP contribution is -2.12. The molecule has 0 aliphatic carbocycles. The minimum atomic E-state index is -0.374. The first kappa shape index (κ1) is 14.9. The van der Waals surface area contributed by atoms with Crippen LogP contribution in [0.25, 0.3) is 0 Å². The maximum absolute atomic E-state index is 10.8. The van der Waals surface area contributed by atoms with Crippen molar-refractivity contribution in [3.63, 3.8) is 0 Å². The second-order valence-corrected chi connectivity index (χ2v) is 3.56. The van der Waals surface area contributed by atoms with Gasteiger partial charge in [0.2, 0.25) is 0 Å². The number of para-hydroxylation sites is 1. The normalized spacial score (nSPS) is 11.6. The van der Waals surface area contributed by atoms with Crippen molar-refractivity contribution in [1.82, 2.24) is 0 Å². The van der Waals surface area contributed by atoms with Crippen LogP contribution in [0.15, 0.2) is 24.3 Å². The fourth-order valence-corrected chi connectivity index (χ4v) is 1.55. The number of nitrogens with zero attached hydrogens (tertiary/aromatic N) is 1. The van der Waals surface area contributed by atoms with Crippen LogP contribution < -0.4 is 5.73 Å². The fraction of sp³-hybridized carbons (Fsp3) is 0.455. The Morgan fingerprint density at radius 2 is 2.06 bits per heavy atom. The van der Waals surface area contributed by atoms with E-state index in [1.54, 1.807) is 18.2 Å². The van der Waals surface area contributed by atoms with Crippen molar-refractivity contribution >= 4 is 18.1 Å². The van der Waals surface area contributed by atoms with E-state index in [0.717, 1.165) is 19.3 Å². The summed E-state index contributed by atoms with van der Waals surface area (Å²) in [7, 11) is 0. The third-order valence-corrected chi connectivity index (χ3v) is 2.40. The van der Waals surface area contributed by atoms with E-state index in [1.165, 1.54) is 6.07 Å². The third kappa shape index (κ3) is 3.79. The van der Waals surface area contributed by atoms with Crippen molar-refractivity contribution < 1.29 is 4.92 Å². The summed E-state index contributed by atoms with van der Waals surface area (Å²) in [4.78, 5) is 10.4. The van der Waals surface area contributed by atoms with Crippen LogP contribution in [-0.2, 0) is 0 Å². The van der Waals surface area contributed by atoms with Gasteiger partial charge < -0.3 is 5.73 Å². The first-order valence-corrected chi connectivity index (χ1v) is 5.15. The molecule has 5 heteroatoms. The van der Waals surface area contributed by atoms with Gasteiger partial charge in [-0.3, -0.25) is 10.1 Å². The molecule has 1 aromatic rings. The predicted octanol–water partition coefficient (Wildman–Crippen LogP) is 3.21. The van der Waals surface area contributed by atoms with Gasteiger partial charge in [0.25, 0.3) is 5.69 Å². The van der Waals surface area contributed by atoms with Gasteiger partial charge in [-0.25, -0.2) is 0 Å². The lowest BCUT2D eigenvalue weighted by atomic mass is 10.0. The molecule has 0 heterocycles. The van der Waals surface area contributed by atoms with E-state index < -0.39 is 0 Å². The SMILES string of the molecule is CCCC[C@H](N)c1ccccc1[N+](=O)[O-].Cl. The monoisotopic (exact) mass is 244 g/mol. The van der Waals surface area contributed by atoms with E-state index in [1.807, 2.05) is 0 Å². The summed E-state index contributed by atoms with van der Waals surface area (Å²) in [5.41, 5.74) is 6.68. The van der Waals surface area contributed by atoms with Crippen LogP contribution >= 0.6 is 12.4 Å². The van der Waals surface area contributed by atoms with Crippen molar-refractivity contribution in [2.75, 3.05) is 0 Å². The van der Waals surface area contributed by atoms with Gasteiger partial charge in [-0.15, -0.1) is 12.4 Å². The van der Waals surface area contributed by atoms with Crippen LogP contribution in [0.2, 0.25) is 0 Å². The topological polar surface area (TPSA) is 69.2 Å². The fourth-order valence-electron chi connectivity index (χ4n) is 1.55. The quantitative estimate of drug-likeness (QED) is 0.639. The van der Waals surface area contributed by atoms with E-state index in [2.05, 4.69) is 6.92 Å². The molecule has 1 atom stereocenters. The minimum Gasteiger partial charge on any atom is -0.324 e. The molecule has 0 saturated heterocycles. The van der Waals surface area contributed by atoms with Crippen molar-refractivity contribution in [3.05, 3.63) is 39.9 Å². The highest BCUT2D eigenvalue weighted by atomic mass is 35.5. The standard InChI is InChI=1S/C11H16N2O2.ClH/c1-2-3-7-10(12)9-6-4-5-8-11(9)13(14)15;/h4-6,8,10H,2-3,7,12H2,1H3;1H/t10-;/m0./s1. The van der Waals surface area contributed by atoms with Gasteiger partial charge in [-0.1, -0.05) is 38.0 Å². The van der Waals surface area contributed by atoms with Gasteiger partial charge in [0.15, 0.2) is 0 Å². The number of nitro groups is 1. The number of nitro benzene ring substituents is 1. The highest BCUT2D eigenvalue weighted by Crippen LogP contribution is 2.26. The van der Waals surface area contributed by atoms with Crippen LogP contribution in [0.1, 0.15) is 37.8 Å². The van der Waals surface area contributed by atoms with Crippen molar-refractivity contribution in [2.45, 2.75) is 32.2 Å². The zero-order chi connectivity index (χ0) is 11.3. The molecule has 0 spiro atoms. The average molecular weight is 245 g/mol. The molecule has 0 aromatic heterocycles. The molecule has 0 fully saturated rings. The Kier molecular flexibility index (Phi) is 6.69. The van der Waals surface area contributed by atoms with Gasteiger partial charge in [-0.05, 0) is 6.42 Å². The van der Waals surface area contributed by atoms with E-state index in [4.69, 9.17) is 5.73 Å². The Labute approximate surface area is 101 Å². The predicted molar refractivity (Wildman–Crippen MR) is 66.8 cm³/mol. The molecule has 0 amide bonds. The largest absolute Gasteiger partial charge is 0.324 e. The Morgan fingerprint density at radius 3 is 2.62 bits per heavy atom. The van der Waals surface area contributed by atoms with Gasteiger partial charge in [0.1, 0.15) is 0 Å². The lowest BCUT2D eigenvalue weighted by Gasteiger charge is -2.11. The highest BCUT2D eigenvalue weighted by Gasteiger charge is 2.17. The number of halogens is 1. The van der Waals surface area contributed by atoms with Crippen LogP contribution in [0.3, 0.4) is 0 Å². The second-order valence-electron chi connectivity index (χ2n) is 3.56. The van der Waals surface area contributed by atoms with Crippen molar-refractivity contribution in [1.29, 1.82) is 0 Å². The summed E-state index contributed by atoms with van der Waals surface area (Å²) in [6.45, 7) is 2.08. The molecule has 0 radical (unpaired) electrons. The first-order valence-electron chi connectivity index (χ1n) is 5.15. The average Bonchev–Trinajstić information content (AvgIpc) is 2.25. The summed E-state index contributed by atoms with van der Waals surface area (Å²) in [5.74, 6) is 0. The van der Waals surface area contributed by atoms with E-state index >= 15 is 0 Å². The number of benzene rings is 1. The second kappa shape index (κ2) is 7.19. The smallest absolute Gasteiger partial charge is 0.274 e. The van der Waals surface area contributed by atoms with Gasteiger partial charge in [0.05, 0.1) is 4.92 Å². The summed E-state index contributed by atoms with van der Waals surface area (Å²) in [5, 5.41) is 10.8. The number of unbranched alkanes of at least 4 members (excludes halogenated alkanes) is 1. The Morgan fingerprint density at radius 1 is 1.44 bits per heavy atom. The van der Waals surface area contributed by atoms with Gasteiger partial charge in [0, 0.05) is 17.7 Å². The molecule has 0 aliphatic rings. The van der Waals surface area contributed by atoms with Gasteiger partial charge >= 0.3 is 0 Å². The number of rotatable bonds is 5. The molecule has 1 aromatic carbocycles. The molecular formula is C11H17ClN2O2. The van der Waals surface area contributed by atoms with E-state index in [-0.39, 0.29) is 29.1 Å². The molecule has 4 nitrogen and oxygen atoms in total. The maximum atomic E-state index is 10.8. The molecule has 2 N–H and O–H groups in total. The van der Waals surface area contributed by atoms with Crippen LogP contribution in [0.4, 0.5) is 5.69 Å². The molecule has 0 unspecified atom stereocenters. The summed E-state index contributed by atoms with van der Waals surface area (Å²) < 4.78 is 0. The van der Waals surface area contributed by atoms with E-state index in [9.17, 15) is 10.1 Å². The zero-order valence-corrected chi connectivity index (χ0v) is 10.1. The Balaban J connectivity index is 0.00000225. The van der Waals surface area contributed by atoms with Crippen LogP contribution in [0.5, 0.6) is 0 Å². The van der Waals surface area contributed by atoms with E-state index in [0.29, 0.717) is 5.56 Å². The van der Waals surface area contributed by atoms with Crippen LogP contribution in [-0.4, -0.2) is 4.92 Å². The highest BCUT2D eigenvalue weighted by molar-refractivity contribution is 5.85. The zero-order valence-electron chi connectivity index (χ0n) is 9.26. The van der Waals surface area contributed by atoms with Crippen LogP contribution in [0, 0.1) is 10.1 Å². The lowest BCUT2D eigenvalue weighted by molar-refractivity contribution is -0.385.